The molecule has 0 spiro atoms. The highest BCUT2D eigenvalue weighted by Gasteiger charge is 2.23. The summed E-state index contributed by atoms with van der Waals surface area (Å²) in [5.41, 5.74) is 2.57. The summed E-state index contributed by atoms with van der Waals surface area (Å²) in [4.78, 5) is 39.6. The minimum absolute atomic E-state index is 0.0342. The quantitative estimate of drug-likeness (QED) is 0.368. The maximum absolute atomic E-state index is 13.2. The fraction of sp³-hybridized carbons (Fsp3) is 0.516. The van der Waals surface area contributed by atoms with Crippen LogP contribution in [0.2, 0.25) is 0 Å². The molecule has 0 aliphatic carbocycles. The average Bonchev–Trinajstić information content (AvgIpc) is 2.84. The van der Waals surface area contributed by atoms with E-state index < -0.39 is 6.04 Å². The molecule has 7 heteroatoms. The Balaban J connectivity index is 1.96. The van der Waals surface area contributed by atoms with Crippen LogP contribution >= 0.6 is 0 Å². The first-order valence-corrected chi connectivity index (χ1v) is 13.3. The summed E-state index contributed by atoms with van der Waals surface area (Å²) in [6.07, 6.45) is 2.01. The van der Waals surface area contributed by atoms with Crippen LogP contribution in [0.25, 0.3) is 0 Å². The first kappa shape index (κ1) is 30.9. The third-order valence-electron chi connectivity index (χ3n) is 6.13. The van der Waals surface area contributed by atoms with E-state index in [1.165, 1.54) is 0 Å². The van der Waals surface area contributed by atoms with Gasteiger partial charge in [0, 0.05) is 32.1 Å². The number of rotatable bonds is 11. The van der Waals surface area contributed by atoms with Gasteiger partial charge in [-0.25, -0.2) is 4.79 Å². The number of benzene rings is 2. The Kier molecular flexibility index (Phi) is 11.4. The van der Waals surface area contributed by atoms with Gasteiger partial charge in [0.1, 0.15) is 12.6 Å². The van der Waals surface area contributed by atoms with Crippen molar-refractivity contribution in [3.05, 3.63) is 65.7 Å². The van der Waals surface area contributed by atoms with Gasteiger partial charge in [-0.2, -0.15) is 0 Å². The van der Waals surface area contributed by atoms with Gasteiger partial charge in [-0.15, -0.1) is 0 Å². The van der Waals surface area contributed by atoms with Crippen LogP contribution in [0.3, 0.4) is 0 Å². The van der Waals surface area contributed by atoms with Gasteiger partial charge in [0.25, 0.3) is 0 Å². The summed E-state index contributed by atoms with van der Waals surface area (Å²) in [5.74, 6) is -0.418. The average molecular weight is 524 g/mol. The lowest BCUT2D eigenvalue weighted by molar-refractivity contribution is -0.126. The number of hydrogen-bond donors (Lipinski definition) is 2. The van der Waals surface area contributed by atoms with Crippen LogP contribution in [0.1, 0.15) is 71.9 Å². The lowest BCUT2D eigenvalue weighted by Gasteiger charge is -2.23. The lowest BCUT2D eigenvalue weighted by Crippen LogP contribution is -2.45. The van der Waals surface area contributed by atoms with Crippen LogP contribution in [0, 0.1) is 10.8 Å². The summed E-state index contributed by atoms with van der Waals surface area (Å²) in [6.45, 7) is 13.4. The SMILES string of the molecule is CN(CCC(C)(C)C)C(=O)OCc1ccc(NC(=O)[C@H](Cc2ccccc2)NC(=O)CCC(C)(C)C)cc1. The van der Waals surface area contributed by atoms with Crippen molar-refractivity contribution in [1.82, 2.24) is 10.2 Å². The molecule has 0 aliphatic rings. The highest BCUT2D eigenvalue weighted by Crippen LogP contribution is 2.21. The predicted molar refractivity (Wildman–Crippen MR) is 153 cm³/mol. The number of carbonyl (C=O) groups is 3. The Bertz CT molecular complexity index is 1040. The molecule has 2 aromatic rings. The van der Waals surface area contributed by atoms with Crippen molar-refractivity contribution in [2.75, 3.05) is 18.9 Å². The smallest absolute Gasteiger partial charge is 0.409 e. The minimum Gasteiger partial charge on any atom is -0.445 e. The molecule has 0 heterocycles. The molecule has 0 saturated heterocycles. The Morgan fingerprint density at radius 2 is 1.45 bits per heavy atom. The summed E-state index contributed by atoms with van der Waals surface area (Å²) < 4.78 is 5.42. The zero-order valence-corrected chi connectivity index (χ0v) is 24.1. The molecule has 1 atom stereocenters. The van der Waals surface area contributed by atoms with Gasteiger partial charge >= 0.3 is 6.09 Å². The van der Waals surface area contributed by atoms with Crippen molar-refractivity contribution in [3.63, 3.8) is 0 Å². The molecule has 0 saturated carbocycles. The number of anilines is 1. The van der Waals surface area contributed by atoms with E-state index in [-0.39, 0.29) is 35.3 Å². The van der Waals surface area contributed by atoms with Gasteiger partial charge in [-0.1, -0.05) is 84.0 Å². The first-order chi connectivity index (χ1) is 17.7. The maximum Gasteiger partial charge on any atom is 0.409 e. The van der Waals surface area contributed by atoms with Crippen LogP contribution in [-0.2, 0) is 27.4 Å². The molecule has 0 radical (unpaired) electrons. The van der Waals surface area contributed by atoms with Gasteiger partial charge in [-0.05, 0) is 46.9 Å². The Morgan fingerprint density at radius 1 is 0.842 bits per heavy atom. The summed E-state index contributed by atoms with van der Waals surface area (Å²) in [5, 5.41) is 5.83. The van der Waals surface area contributed by atoms with E-state index in [9.17, 15) is 14.4 Å². The number of carbonyl (C=O) groups excluding carboxylic acids is 3. The maximum atomic E-state index is 13.2. The second kappa shape index (κ2) is 14.0. The van der Waals surface area contributed by atoms with Crippen molar-refractivity contribution in [3.8, 4) is 0 Å². The van der Waals surface area contributed by atoms with Gasteiger partial charge in [0.2, 0.25) is 11.8 Å². The van der Waals surface area contributed by atoms with Gasteiger partial charge in [0.15, 0.2) is 0 Å². The molecule has 7 nitrogen and oxygen atoms in total. The van der Waals surface area contributed by atoms with E-state index in [0.717, 1.165) is 24.0 Å². The van der Waals surface area contributed by atoms with E-state index in [4.69, 9.17) is 4.74 Å². The Labute approximate surface area is 228 Å². The summed E-state index contributed by atoms with van der Waals surface area (Å²) in [6, 6.07) is 16.1. The molecule has 0 aliphatic heterocycles. The van der Waals surface area contributed by atoms with Gasteiger partial charge in [-0.3, -0.25) is 9.59 Å². The number of hydrogen-bond acceptors (Lipinski definition) is 4. The van der Waals surface area contributed by atoms with Crippen molar-refractivity contribution >= 4 is 23.6 Å². The minimum atomic E-state index is -0.700. The molecule has 208 valence electrons. The zero-order valence-electron chi connectivity index (χ0n) is 24.1. The van der Waals surface area contributed by atoms with E-state index in [2.05, 4.69) is 52.2 Å². The van der Waals surface area contributed by atoms with E-state index in [1.807, 2.05) is 42.5 Å². The third-order valence-corrected chi connectivity index (χ3v) is 6.13. The summed E-state index contributed by atoms with van der Waals surface area (Å²) >= 11 is 0. The van der Waals surface area contributed by atoms with Crippen molar-refractivity contribution in [1.29, 1.82) is 0 Å². The standard InChI is InChI=1S/C31H45N3O4/c1-30(2,3)18-17-27(35)33-26(21-23-11-9-8-10-12-23)28(36)32-25-15-13-24(14-16-25)22-38-29(37)34(7)20-19-31(4,5)6/h8-16,26H,17-22H2,1-7H3,(H,32,36)(H,33,35)/t26-/m0/s1. The topological polar surface area (TPSA) is 87.7 Å². The van der Waals surface area contributed by atoms with E-state index in [0.29, 0.717) is 25.1 Å². The molecule has 0 bridgehead atoms. The lowest BCUT2D eigenvalue weighted by atomic mass is 9.90. The molecule has 2 aromatic carbocycles. The number of ether oxygens (including phenoxy) is 1. The van der Waals surface area contributed by atoms with Crippen molar-refractivity contribution in [2.24, 2.45) is 10.8 Å². The monoisotopic (exact) mass is 523 g/mol. The molecule has 2 N–H and O–H groups in total. The highest BCUT2D eigenvalue weighted by molar-refractivity contribution is 5.97. The van der Waals surface area contributed by atoms with E-state index in [1.54, 1.807) is 24.1 Å². The van der Waals surface area contributed by atoms with Gasteiger partial charge < -0.3 is 20.3 Å². The van der Waals surface area contributed by atoms with Crippen molar-refractivity contribution < 1.29 is 19.1 Å². The molecule has 3 amide bonds. The van der Waals surface area contributed by atoms with Crippen molar-refractivity contribution in [2.45, 2.75) is 79.9 Å². The fourth-order valence-electron chi connectivity index (χ4n) is 3.58. The molecular weight excluding hydrogens is 478 g/mol. The third kappa shape index (κ3) is 12.3. The molecule has 0 unspecified atom stereocenters. The zero-order chi connectivity index (χ0) is 28.3. The largest absolute Gasteiger partial charge is 0.445 e. The molecule has 0 aromatic heterocycles. The second-order valence-electron chi connectivity index (χ2n) is 12.3. The van der Waals surface area contributed by atoms with Crippen LogP contribution in [0.4, 0.5) is 10.5 Å². The molecular formula is C31H45N3O4. The first-order valence-electron chi connectivity index (χ1n) is 13.3. The Morgan fingerprint density at radius 3 is 2.03 bits per heavy atom. The number of nitrogens with one attached hydrogen (secondary N) is 2. The van der Waals surface area contributed by atoms with Crippen LogP contribution < -0.4 is 10.6 Å². The highest BCUT2D eigenvalue weighted by atomic mass is 16.6. The van der Waals surface area contributed by atoms with E-state index >= 15 is 0 Å². The summed E-state index contributed by atoms with van der Waals surface area (Å²) in [7, 11) is 1.74. The molecule has 2 rings (SSSR count). The van der Waals surface area contributed by atoms with Crippen LogP contribution in [0.15, 0.2) is 54.6 Å². The number of nitrogens with zero attached hydrogens (tertiary/aromatic N) is 1. The Hall–Kier alpha value is -3.35. The van der Waals surface area contributed by atoms with Crippen LogP contribution in [-0.4, -0.2) is 42.4 Å². The fourth-order valence-corrected chi connectivity index (χ4v) is 3.58. The number of amides is 3. The van der Waals surface area contributed by atoms with Gasteiger partial charge in [0.05, 0.1) is 0 Å². The second-order valence-corrected chi connectivity index (χ2v) is 12.3. The molecule has 0 fully saturated rings. The molecule has 38 heavy (non-hydrogen) atoms. The normalized spacial score (nSPS) is 12.4. The predicted octanol–water partition coefficient (Wildman–Crippen LogP) is 6.18. The van der Waals surface area contributed by atoms with Crippen LogP contribution in [0.5, 0.6) is 0 Å².